The van der Waals surface area contributed by atoms with Crippen LogP contribution in [-0.2, 0) is 0 Å². The molecular weight excluding hydrogens is 261 g/mol. The van der Waals surface area contributed by atoms with Crippen molar-refractivity contribution >= 4 is 11.6 Å². The van der Waals surface area contributed by atoms with Gasteiger partial charge in [-0.25, -0.2) is 4.39 Å². The smallest absolute Gasteiger partial charge is 0.141 e. The van der Waals surface area contributed by atoms with E-state index in [2.05, 4.69) is 29.6 Å². The summed E-state index contributed by atoms with van der Waals surface area (Å²) in [5.41, 5.74) is 3.72. The van der Waals surface area contributed by atoms with Crippen molar-refractivity contribution in [3.8, 4) is 0 Å². The minimum atomic E-state index is -0.359. The van der Waals surface area contributed by atoms with E-state index in [1.165, 1.54) is 17.2 Å². The Morgan fingerprint density at radius 1 is 1.16 bits per heavy atom. The number of nitrogens with one attached hydrogen (secondary N) is 1. The summed E-state index contributed by atoms with van der Waals surface area (Å²) in [4.78, 5) is 0. The molecule has 0 unspecified atom stereocenters. The molecule has 2 aromatic carbocycles. The van der Waals surface area contributed by atoms with Crippen LogP contribution < -0.4 is 5.32 Å². The van der Waals surface area contributed by atoms with Crippen LogP contribution in [0.5, 0.6) is 0 Å². The van der Waals surface area contributed by atoms with E-state index in [0.717, 1.165) is 12.0 Å². The van der Waals surface area contributed by atoms with Gasteiger partial charge in [0.15, 0.2) is 0 Å². The summed E-state index contributed by atoms with van der Waals surface area (Å²) in [5, 5.41) is 3.54. The van der Waals surface area contributed by atoms with E-state index >= 15 is 0 Å². The Bertz CT molecular complexity index is 611. The number of hydrogen-bond donors (Lipinski definition) is 1. The van der Waals surface area contributed by atoms with Crippen LogP contribution in [-0.4, -0.2) is 7.05 Å². The van der Waals surface area contributed by atoms with E-state index in [4.69, 9.17) is 11.6 Å². The van der Waals surface area contributed by atoms with Crippen LogP contribution in [0, 0.1) is 5.82 Å². The van der Waals surface area contributed by atoms with Crippen LogP contribution >= 0.6 is 11.6 Å². The molecule has 19 heavy (non-hydrogen) atoms. The Labute approximate surface area is 117 Å². The summed E-state index contributed by atoms with van der Waals surface area (Å²) < 4.78 is 13.3. The van der Waals surface area contributed by atoms with Crippen molar-refractivity contribution in [2.45, 2.75) is 18.4 Å². The number of fused-ring (bicyclic) bond motifs is 1. The lowest BCUT2D eigenvalue weighted by atomic mass is 9.93. The van der Waals surface area contributed by atoms with Gasteiger partial charge in [-0.15, -0.1) is 0 Å². The normalized spacial score (nSPS) is 21.4. The molecule has 0 bridgehead atoms. The quantitative estimate of drug-likeness (QED) is 0.863. The molecule has 0 fully saturated rings. The molecule has 0 saturated carbocycles. The van der Waals surface area contributed by atoms with Crippen molar-refractivity contribution < 1.29 is 4.39 Å². The summed E-state index contributed by atoms with van der Waals surface area (Å²) in [5.74, 6) is -0.0754. The second kappa shape index (κ2) is 4.95. The standard InChI is InChI=1S/C16H15ClFN/c1-19-16-9-13(11-4-2-3-5-12(11)16)10-6-7-15(18)14(17)8-10/h2-8,13,16,19H,9H2,1H3/t13-,16-/m0/s1. The highest BCUT2D eigenvalue weighted by molar-refractivity contribution is 6.30. The molecule has 0 spiro atoms. The summed E-state index contributed by atoms with van der Waals surface area (Å²) >= 11 is 5.90. The van der Waals surface area contributed by atoms with Crippen molar-refractivity contribution in [3.05, 3.63) is 70.0 Å². The Kier molecular flexibility index (Phi) is 3.29. The predicted octanol–water partition coefficient (Wildman–Crippen LogP) is 4.28. The molecule has 1 N–H and O–H groups in total. The Balaban J connectivity index is 2.05. The zero-order valence-corrected chi connectivity index (χ0v) is 11.4. The van der Waals surface area contributed by atoms with Crippen LogP contribution in [0.25, 0.3) is 0 Å². The van der Waals surface area contributed by atoms with E-state index in [0.29, 0.717) is 6.04 Å². The number of hydrogen-bond acceptors (Lipinski definition) is 1. The minimum Gasteiger partial charge on any atom is -0.313 e. The van der Waals surface area contributed by atoms with Crippen LogP contribution in [0.15, 0.2) is 42.5 Å². The summed E-state index contributed by atoms with van der Waals surface area (Å²) in [6.07, 6.45) is 0.984. The van der Waals surface area contributed by atoms with E-state index < -0.39 is 0 Å². The molecule has 0 radical (unpaired) electrons. The zero-order chi connectivity index (χ0) is 13.4. The lowest BCUT2D eigenvalue weighted by Crippen LogP contribution is -2.13. The fourth-order valence-electron chi connectivity index (χ4n) is 2.95. The monoisotopic (exact) mass is 275 g/mol. The van der Waals surface area contributed by atoms with E-state index in [-0.39, 0.29) is 16.8 Å². The third kappa shape index (κ3) is 2.15. The lowest BCUT2D eigenvalue weighted by Gasteiger charge is -2.13. The first-order valence-electron chi connectivity index (χ1n) is 6.41. The highest BCUT2D eigenvalue weighted by Crippen LogP contribution is 2.44. The lowest BCUT2D eigenvalue weighted by molar-refractivity contribution is 0.563. The molecule has 0 heterocycles. The molecule has 98 valence electrons. The summed E-state index contributed by atoms with van der Waals surface area (Å²) in [7, 11) is 1.97. The van der Waals surface area contributed by atoms with Gasteiger partial charge in [-0.05, 0) is 42.3 Å². The molecule has 1 aliphatic carbocycles. The molecule has 0 aromatic heterocycles. The van der Waals surface area contributed by atoms with Gasteiger partial charge < -0.3 is 5.32 Å². The molecule has 0 aliphatic heterocycles. The molecule has 0 saturated heterocycles. The second-order valence-electron chi connectivity index (χ2n) is 4.93. The molecule has 3 heteroatoms. The van der Waals surface area contributed by atoms with Crippen molar-refractivity contribution in [1.82, 2.24) is 5.32 Å². The zero-order valence-electron chi connectivity index (χ0n) is 10.7. The summed E-state index contributed by atoms with van der Waals surface area (Å²) in [6, 6.07) is 13.8. The number of halogens is 2. The first-order valence-corrected chi connectivity index (χ1v) is 6.79. The average Bonchev–Trinajstić information content (AvgIpc) is 2.81. The van der Waals surface area contributed by atoms with E-state index in [1.54, 1.807) is 6.07 Å². The Hall–Kier alpha value is -1.38. The summed E-state index contributed by atoms with van der Waals surface area (Å²) in [6.45, 7) is 0. The number of rotatable bonds is 2. The van der Waals surface area contributed by atoms with Gasteiger partial charge in [0.25, 0.3) is 0 Å². The van der Waals surface area contributed by atoms with Gasteiger partial charge in [0.05, 0.1) is 5.02 Å². The topological polar surface area (TPSA) is 12.0 Å². The minimum absolute atomic E-state index is 0.197. The maximum Gasteiger partial charge on any atom is 0.141 e. The van der Waals surface area contributed by atoms with Crippen molar-refractivity contribution in [3.63, 3.8) is 0 Å². The molecule has 3 rings (SSSR count). The largest absolute Gasteiger partial charge is 0.313 e. The van der Waals surface area contributed by atoms with Crippen molar-refractivity contribution in [2.24, 2.45) is 0 Å². The SMILES string of the molecule is CN[C@H]1C[C@@H](c2ccc(F)c(Cl)c2)c2ccccc21. The molecule has 2 atom stereocenters. The molecule has 0 amide bonds. The average molecular weight is 276 g/mol. The van der Waals surface area contributed by atoms with E-state index in [1.807, 2.05) is 13.1 Å². The second-order valence-corrected chi connectivity index (χ2v) is 5.34. The fourth-order valence-corrected chi connectivity index (χ4v) is 3.14. The Morgan fingerprint density at radius 2 is 1.89 bits per heavy atom. The van der Waals surface area contributed by atoms with Crippen molar-refractivity contribution in [2.75, 3.05) is 7.05 Å². The Morgan fingerprint density at radius 3 is 2.58 bits per heavy atom. The van der Waals surface area contributed by atoms with E-state index in [9.17, 15) is 4.39 Å². The van der Waals surface area contributed by atoms with Crippen molar-refractivity contribution in [1.29, 1.82) is 0 Å². The fraction of sp³-hybridized carbons (Fsp3) is 0.250. The van der Waals surface area contributed by atoms with Gasteiger partial charge in [0.1, 0.15) is 5.82 Å². The first-order chi connectivity index (χ1) is 9.20. The van der Waals surface area contributed by atoms with Crippen LogP contribution in [0.2, 0.25) is 5.02 Å². The third-order valence-corrected chi connectivity index (χ3v) is 4.20. The maximum absolute atomic E-state index is 13.3. The first kappa shape index (κ1) is 12.6. The maximum atomic E-state index is 13.3. The third-order valence-electron chi connectivity index (χ3n) is 3.91. The van der Waals surface area contributed by atoms with Crippen LogP contribution in [0.3, 0.4) is 0 Å². The van der Waals surface area contributed by atoms with Gasteiger partial charge in [0.2, 0.25) is 0 Å². The molecular formula is C16H15ClFN. The highest BCUT2D eigenvalue weighted by Gasteiger charge is 2.30. The molecule has 1 nitrogen and oxygen atoms in total. The van der Waals surface area contributed by atoms with Gasteiger partial charge in [-0.2, -0.15) is 0 Å². The van der Waals surface area contributed by atoms with Gasteiger partial charge >= 0.3 is 0 Å². The van der Waals surface area contributed by atoms with Crippen LogP contribution in [0.1, 0.15) is 35.1 Å². The molecule has 2 aromatic rings. The molecule has 1 aliphatic rings. The predicted molar refractivity (Wildman–Crippen MR) is 76.1 cm³/mol. The highest BCUT2D eigenvalue weighted by atomic mass is 35.5. The number of benzene rings is 2. The van der Waals surface area contributed by atoms with Gasteiger partial charge in [0, 0.05) is 12.0 Å². The van der Waals surface area contributed by atoms with Gasteiger partial charge in [-0.1, -0.05) is 41.9 Å². The van der Waals surface area contributed by atoms with Gasteiger partial charge in [-0.3, -0.25) is 0 Å². The van der Waals surface area contributed by atoms with Crippen LogP contribution in [0.4, 0.5) is 4.39 Å².